The lowest BCUT2D eigenvalue weighted by Crippen LogP contribution is -2.24. The molecule has 1 aromatic rings. The summed E-state index contributed by atoms with van der Waals surface area (Å²) in [6.45, 7) is 6.99. The molecule has 0 saturated carbocycles. The third kappa shape index (κ3) is 3.70. The first kappa shape index (κ1) is 12.8. The summed E-state index contributed by atoms with van der Waals surface area (Å²) in [4.78, 5) is 11.3. The first-order chi connectivity index (χ1) is 7.67. The van der Waals surface area contributed by atoms with Gasteiger partial charge in [0.2, 0.25) is 5.76 Å². The van der Waals surface area contributed by atoms with Crippen molar-refractivity contribution in [1.29, 1.82) is 0 Å². The van der Waals surface area contributed by atoms with Crippen LogP contribution in [0.5, 0.6) is 0 Å². The lowest BCUT2D eigenvalue weighted by atomic mass is 10.2. The summed E-state index contributed by atoms with van der Waals surface area (Å²) in [5, 5.41) is 3.29. The highest BCUT2D eigenvalue weighted by molar-refractivity contribution is 5.86. The molecular weight excluding hydrogens is 206 g/mol. The highest BCUT2D eigenvalue weighted by Gasteiger charge is 2.11. The molecule has 0 saturated heterocycles. The monoisotopic (exact) mass is 225 g/mol. The van der Waals surface area contributed by atoms with Crippen molar-refractivity contribution in [3.05, 3.63) is 23.7 Å². The Bertz CT molecular complexity index is 333. The van der Waals surface area contributed by atoms with E-state index in [1.54, 1.807) is 19.1 Å². The van der Waals surface area contributed by atoms with Crippen LogP contribution < -0.4 is 5.32 Å². The first-order valence-electron chi connectivity index (χ1n) is 5.66. The highest BCUT2D eigenvalue weighted by Crippen LogP contribution is 2.09. The second-order valence-electron chi connectivity index (χ2n) is 3.68. The molecule has 1 rings (SSSR count). The van der Waals surface area contributed by atoms with Gasteiger partial charge in [0.05, 0.1) is 13.2 Å². The maximum Gasteiger partial charge on any atom is 0.374 e. The summed E-state index contributed by atoms with van der Waals surface area (Å²) in [6.07, 6.45) is 1.06. The standard InChI is InChI=1S/C12H19NO3/c1-4-9(3)13-8-10-6-7-11(16-10)12(14)15-5-2/h6-7,9,13H,4-5,8H2,1-3H3. The zero-order valence-corrected chi connectivity index (χ0v) is 10.1. The van der Waals surface area contributed by atoms with Crippen molar-refractivity contribution >= 4 is 5.97 Å². The Morgan fingerprint density at radius 1 is 1.50 bits per heavy atom. The van der Waals surface area contributed by atoms with Crippen LogP contribution in [0.4, 0.5) is 0 Å². The average molecular weight is 225 g/mol. The summed E-state index contributed by atoms with van der Waals surface area (Å²) >= 11 is 0. The number of hydrogen-bond acceptors (Lipinski definition) is 4. The third-order valence-corrected chi connectivity index (χ3v) is 2.38. The molecular formula is C12H19NO3. The van der Waals surface area contributed by atoms with Crippen LogP contribution in [0.15, 0.2) is 16.5 Å². The number of carbonyl (C=O) groups excluding carboxylic acids is 1. The van der Waals surface area contributed by atoms with Crippen molar-refractivity contribution in [2.75, 3.05) is 6.61 Å². The van der Waals surface area contributed by atoms with E-state index in [1.165, 1.54) is 0 Å². The largest absolute Gasteiger partial charge is 0.460 e. The lowest BCUT2D eigenvalue weighted by Gasteiger charge is -2.08. The van der Waals surface area contributed by atoms with Crippen LogP contribution in [0, 0.1) is 0 Å². The number of esters is 1. The summed E-state index contributed by atoms with van der Waals surface area (Å²) in [6, 6.07) is 3.88. The number of hydrogen-bond donors (Lipinski definition) is 1. The second kappa shape index (κ2) is 6.33. The minimum Gasteiger partial charge on any atom is -0.460 e. The molecule has 0 amide bonds. The SMILES string of the molecule is CCOC(=O)c1ccc(CNC(C)CC)o1. The van der Waals surface area contributed by atoms with Crippen LogP contribution in [-0.4, -0.2) is 18.6 Å². The quantitative estimate of drug-likeness (QED) is 0.755. The van der Waals surface area contributed by atoms with Gasteiger partial charge in [-0.2, -0.15) is 0 Å². The van der Waals surface area contributed by atoms with Gasteiger partial charge < -0.3 is 14.5 Å². The molecule has 0 radical (unpaired) electrons. The van der Waals surface area contributed by atoms with Crippen molar-refractivity contribution in [1.82, 2.24) is 5.32 Å². The van der Waals surface area contributed by atoms with Crippen LogP contribution in [0.1, 0.15) is 43.5 Å². The van der Waals surface area contributed by atoms with E-state index in [0.717, 1.165) is 12.2 Å². The smallest absolute Gasteiger partial charge is 0.374 e. The van der Waals surface area contributed by atoms with Gasteiger partial charge in [-0.05, 0) is 32.4 Å². The number of furan rings is 1. The van der Waals surface area contributed by atoms with Gasteiger partial charge in [0, 0.05) is 6.04 Å². The average Bonchev–Trinajstić information content (AvgIpc) is 2.75. The molecule has 0 bridgehead atoms. The van der Waals surface area contributed by atoms with Gasteiger partial charge in [-0.1, -0.05) is 6.92 Å². The van der Waals surface area contributed by atoms with E-state index < -0.39 is 5.97 Å². The maximum absolute atomic E-state index is 11.3. The lowest BCUT2D eigenvalue weighted by molar-refractivity contribution is 0.0488. The fourth-order valence-corrected chi connectivity index (χ4v) is 1.20. The molecule has 0 fully saturated rings. The molecule has 1 N–H and O–H groups in total. The molecule has 1 heterocycles. The Balaban J connectivity index is 2.48. The van der Waals surface area contributed by atoms with Crippen LogP contribution in [0.2, 0.25) is 0 Å². The summed E-state index contributed by atoms with van der Waals surface area (Å²) in [5.41, 5.74) is 0. The summed E-state index contributed by atoms with van der Waals surface area (Å²) < 4.78 is 10.2. The van der Waals surface area contributed by atoms with Crippen LogP contribution in [0.25, 0.3) is 0 Å². The molecule has 0 aromatic carbocycles. The van der Waals surface area contributed by atoms with E-state index in [0.29, 0.717) is 19.2 Å². The van der Waals surface area contributed by atoms with Crippen LogP contribution in [-0.2, 0) is 11.3 Å². The predicted molar refractivity (Wildman–Crippen MR) is 61.3 cm³/mol. The molecule has 4 heteroatoms. The third-order valence-electron chi connectivity index (χ3n) is 2.38. The van der Waals surface area contributed by atoms with Gasteiger partial charge >= 0.3 is 5.97 Å². The van der Waals surface area contributed by atoms with Crippen molar-refractivity contribution in [2.45, 2.75) is 39.8 Å². The number of rotatable bonds is 6. The van der Waals surface area contributed by atoms with Gasteiger partial charge in [0.15, 0.2) is 0 Å². The van der Waals surface area contributed by atoms with Crippen LogP contribution in [0.3, 0.4) is 0 Å². The zero-order chi connectivity index (χ0) is 12.0. The van der Waals surface area contributed by atoms with Gasteiger partial charge in [0.25, 0.3) is 0 Å². The fourth-order valence-electron chi connectivity index (χ4n) is 1.20. The first-order valence-corrected chi connectivity index (χ1v) is 5.66. The highest BCUT2D eigenvalue weighted by atomic mass is 16.5. The van der Waals surface area contributed by atoms with Gasteiger partial charge in [-0.25, -0.2) is 4.79 Å². The molecule has 0 aliphatic rings. The van der Waals surface area contributed by atoms with E-state index in [4.69, 9.17) is 9.15 Å². The summed E-state index contributed by atoms with van der Waals surface area (Å²) in [5.74, 6) is 0.614. The van der Waals surface area contributed by atoms with Crippen molar-refractivity contribution in [3.8, 4) is 0 Å². The summed E-state index contributed by atoms with van der Waals surface area (Å²) in [7, 11) is 0. The van der Waals surface area contributed by atoms with E-state index in [2.05, 4.69) is 19.2 Å². The van der Waals surface area contributed by atoms with E-state index in [9.17, 15) is 4.79 Å². The Morgan fingerprint density at radius 3 is 2.88 bits per heavy atom. The fraction of sp³-hybridized carbons (Fsp3) is 0.583. The topological polar surface area (TPSA) is 51.5 Å². The molecule has 4 nitrogen and oxygen atoms in total. The minimum absolute atomic E-state index is 0.266. The Morgan fingerprint density at radius 2 is 2.25 bits per heavy atom. The molecule has 90 valence electrons. The van der Waals surface area contributed by atoms with Crippen molar-refractivity contribution < 1.29 is 13.9 Å². The normalized spacial score (nSPS) is 12.4. The van der Waals surface area contributed by atoms with Crippen molar-refractivity contribution in [2.24, 2.45) is 0 Å². The van der Waals surface area contributed by atoms with Gasteiger partial charge in [0.1, 0.15) is 5.76 Å². The number of nitrogens with one attached hydrogen (secondary N) is 1. The van der Waals surface area contributed by atoms with Gasteiger partial charge in [-0.3, -0.25) is 0 Å². The van der Waals surface area contributed by atoms with Gasteiger partial charge in [-0.15, -0.1) is 0 Å². The maximum atomic E-state index is 11.3. The second-order valence-corrected chi connectivity index (χ2v) is 3.68. The van der Waals surface area contributed by atoms with Crippen molar-refractivity contribution in [3.63, 3.8) is 0 Å². The Labute approximate surface area is 96.0 Å². The molecule has 16 heavy (non-hydrogen) atoms. The molecule has 0 aliphatic carbocycles. The minimum atomic E-state index is -0.405. The van der Waals surface area contributed by atoms with E-state index in [-0.39, 0.29) is 5.76 Å². The Hall–Kier alpha value is -1.29. The predicted octanol–water partition coefficient (Wildman–Crippen LogP) is 2.34. The van der Waals surface area contributed by atoms with E-state index >= 15 is 0 Å². The molecule has 1 atom stereocenters. The number of ether oxygens (including phenoxy) is 1. The molecule has 1 aromatic heterocycles. The molecule has 1 unspecified atom stereocenters. The van der Waals surface area contributed by atoms with E-state index in [1.807, 2.05) is 0 Å². The van der Waals surface area contributed by atoms with Crippen LogP contribution >= 0.6 is 0 Å². The molecule has 0 spiro atoms. The zero-order valence-electron chi connectivity index (χ0n) is 10.1. The molecule has 0 aliphatic heterocycles. The number of carbonyl (C=O) groups is 1. The Kier molecular flexibility index (Phi) is 5.05.